The predicted molar refractivity (Wildman–Crippen MR) is 56.0 cm³/mol. The van der Waals surface area contributed by atoms with E-state index in [1.807, 2.05) is 31.2 Å². The zero-order chi connectivity index (χ0) is 8.39. The fraction of sp³-hybridized carbons (Fsp3) is 0.100. The van der Waals surface area contributed by atoms with Crippen molar-refractivity contribution in [2.24, 2.45) is 0 Å². The summed E-state index contributed by atoms with van der Waals surface area (Å²) >= 11 is 0. The molecule has 0 saturated carbocycles. The first-order valence-corrected chi connectivity index (χ1v) is 3.94. The van der Waals surface area contributed by atoms with Crippen LogP contribution >= 0.6 is 12.4 Å². The Morgan fingerprint density at radius 2 is 1.85 bits per heavy atom. The van der Waals surface area contributed by atoms with E-state index in [0.717, 1.165) is 17.0 Å². The lowest BCUT2D eigenvalue weighted by molar-refractivity contribution is 1.05. The maximum atomic E-state index is 4.16. The van der Waals surface area contributed by atoms with E-state index in [1.165, 1.54) is 0 Å². The van der Waals surface area contributed by atoms with E-state index in [9.17, 15) is 0 Å². The van der Waals surface area contributed by atoms with Crippen LogP contribution in [0.2, 0.25) is 0 Å². The highest BCUT2D eigenvalue weighted by Gasteiger charge is 1.98. The minimum absolute atomic E-state index is 0. The molecule has 1 heterocycles. The van der Waals surface area contributed by atoms with Crippen LogP contribution in [0.1, 0.15) is 5.69 Å². The monoisotopic (exact) mass is 194 g/mol. The van der Waals surface area contributed by atoms with E-state index in [2.05, 4.69) is 22.3 Å². The van der Waals surface area contributed by atoms with Crippen LogP contribution in [0.5, 0.6) is 0 Å². The second-order valence-electron chi connectivity index (χ2n) is 2.80. The van der Waals surface area contributed by atoms with Gasteiger partial charge in [0.25, 0.3) is 0 Å². The van der Waals surface area contributed by atoms with E-state index in [-0.39, 0.29) is 12.4 Å². The first kappa shape index (κ1) is 9.81. The lowest BCUT2D eigenvalue weighted by atomic mass is 10.1. The minimum atomic E-state index is 0. The number of H-pyrrole nitrogens is 1. The smallest absolute Gasteiger partial charge is 0.0923 e. The van der Waals surface area contributed by atoms with Gasteiger partial charge in [0.05, 0.1) is 5.69 Å². The highest BCUT2D eigenvalue weighted by Crippen LogP contribution is 2.15. The van der Waals surface area contributed by atoms with Crippen LogP contribution in [0, 0.1) is 6.92 Å². The summed E-state index contributed by atoms with van der Waals surface area (Å²) in [6.45, 7) is 2.00. The largest absolute Gasteiger partial charge is 0.282 e. The van der Waals surface area contributed by atoms with Gasteiger partial charge in [0.1, 0.15) is 0 Å². The molecule has 0 fully saturated rings. The molecule has 0 amide bonds. The van der Waals surface area contributed by atoms with Gasteiger partial charge in [0, 0.05) is 11.3 Å². The molecule has 2 rings (SSSR count). The van der Waals surface area contributed by atoms with E-state index < -0.39 is 0 Å². The van der Waals surface area contributed by atoms with Gasteiger partial charge in [-0.3, -0.25) is 5.10 Å². The summed E-state index contributed by atoms with van der Waals surface area (Å²) in [6.07, 6.45) is 0. The lowest BCUT2D eigenvalue weighted by Crippen LogP contribution is -1.75. The van der Waals surface area contributed by atoms with Crippen molar-refractivity contribution in [1.82, 2.24) is 10.2 Å². The fourth-order valence-electron chi connectivity index (χ4n) is 1.17. The van der Waals surface area contributed by atoms with Crippen molar-refractivity contribution in [1.29, 1.82) is 0 Å². The Balaban J connectivity index is 0.000000845. The van der Waals surface area contributed by atoms with Gasteiger partial charge in [0.15, 0.2) is 0 Å². The Morgan fingerprint density at radius 1 is 1.15 bits per heavy atom. The molecule has 0 aliphatic carbocycles. The van der Waals surface area contributed by atoms with E-state index in [0.29, 0.717) is 0 Å². The maximum absolute atomic E-state index is 4.16. The van der Waals surface area contributed by atoms with Crippen molar-refractivity contribution in [2.45, 2.75) is 6.92 Å². The van der Waals surface area contributed by atoms with Gasteiger partial charge in [-0.15, -0.1) is 12.4 Å². The number of aromatic nitrogens is 2. The van der Waals surface area contributed by atoms with Crippen LogP contribution in [0.4, 0.5) is 0 Å². The topological polar surface area (TPSA) is 28.7 Å². The number of nitrogens with zero attached hydrogens (tertiary/aromatic N) is 1. The predicted octanol–water partition coefficient (Wildman–Crippen LogP) is 2.81. The van der Waals surface area contributed by atoms with Crippen molar-refractivity contribution >= 4 is 12.4 Å². The maximum Gasteiger partial charge on any atom is 0.0923 e. The van der Waals surface area contributed by atoms with Gasteiger partial charge in [-0.25, -0.2) is 0 Å². The number of aromatic amines is 1. The Bertz CT molecular complexity index is 367. The molecule has 0 unspecified atom stereocenters. The molecular formula is C10H11ClN2. The van der Waals surface area contributed by atoms with Crippen LogP contribution in [-0.4, -0.2) is 10.2 Å². The first-order valence-electron chi connectivity index (χ1n) is 3.94. The Kier molecular flexibility index (Phi) is 3.09. The molecule has 1 aromatic heterocycles. The molecule has 0 bridgehead atoms. The molecular weight excluding hydrogens is 184 g/mol. The summed E-state index contributed by atoms with van der Waals surface area (Å²) in [5.41, 5.74) is 3.25. The molecule has 1 aromatic carbocycles. The third-order valence-electron chi connectivity index (χ3n) is 1.78. The fourth-order valence-corrected chi connectivity index (χ4v) is 1.17. The lowest BCUT2D eigenvalue weighted by Gasteiger charge is -1.92. The Labute approximate surface area is 83.4 Å². The molecule has 68 valence electrons. The third kappa shape index (κ3) is 2.10. The van der Waals surface area contributed by atoms with Gasteiger partial charge in [-0.1, -0.05) is 30.3 Å². The molecule has 1 N–H and O–H groups in total. The zero-order valence-electron chi connectivity index (χ0n) is 7.32. The van der Waals surface area contributed by atoms with Crippen LogP contribution in [0.3, 0.4) is 0 Å². The van der Waals surface area contributed by atoms with Crippen molar-refractivity contribution in [2.75, 3.05) is 0 Å². The van der Waals surface area contributed by atoms with Crippen LogP contribution in [0.15, 0.2) is 36.4 Å². The summed E-state index contributed by atoms with van der Waals surface area (Å²) in [7, 11) is 0. The van der Waals surface area contributed by atoms with E-state index in [4.69, 9.17) is 0 Å². The Morgan fingerprint density at radius 3 is 2.38 bits per heavy atom. The number of hydrogen-bond acceptors (Lipinski definition) is 1. The van der Waals surface area contributed by atoms with Crippen LogP contribution in [0.25, 0.3) is 11.3 Å². The van der Waals surface area contributed by atoms with Crippen LogP contribution in [-0.2, 0) is 0 Å². The normalized spacial score (nSPS) is 9.31. The second-order valence-corrected chi connectivity index (χ2v) is 2.80. The number of nitrogens with one attached hydrogen (secondary N) is 1. The van der Waals surface area contributed by atoms with Gasteiger partial charge >= 0.3 is 0 Å². The molecule has 2 nitrogen and oxygen atoms in total. The van der Waals surface area contributed by atoms with Crippen LogP contribution < -0.4 is 0 Å². The van der Waals surface area contributed by atoms with Crippen molar-refractivity contribution in [3.05, 3.63) is 42.1 Å². The molecule has 0 aliphatic heterocycles. The second kappa shape index (κ2) is 4.10. The highest BCUT2D eigenvalue weighted by atomic mass is 35.5. The number of rotatable bonds is 1. The van der Waals surface area contributed by atoms with Gasteiger partial charge in [-0.05, 0) is 13.0 Å². The third-order valence-corrected chi connectivity index (χ3v) is 1.78. The number of aryl methyl sites for hydroxylation is 1. The molecule has 2 aromatic rings. The summed E-state index contributed by atoms with van der Waals surface area (Å²) in [5, 5.41) is 7.08. The summed E-state index contributed by atoms with van der Waals surface area (Å²) in [4.78, 5) is 0. The minimum Gasteiger partial charge on any atom is -0.282 e. The average Bonchev–Trinajstić information content (AvgIpc) is 2.54. The molecule has 0 atom stereocenters. The number of benzene rings is 1. The van der Waals surface area contributed by atoms with E-state index >= 15 is 0 Å². The van der Waals surface area contributed by atoms with Gasteiger partial charge in [0.2, 0.25) is 0 Å². The molecule has 0 aliphatic rings. The number of hydrogen-bond donors (Lipinski definition) is 1. The molecule has 0 radical (unpaired) electrons. The molecule has 0 saturated heterocycles. The standard InChI is InChI=1S/C10H10N2.ClH/c1-8-7-10(12-11-8)9-5-3-2-4-6-9;/h2-7H,1H3,(H,11,12);1H. The van der Waals surface area contributed by atoms with E-state index in [1.54, 1.807) is 0 Å². The first-order chi connectivity index (χ1) is 5.86. The molecule has 0 spiro atoms. The van der Waals surface area contributed by atoms with Crippen molar-refractivity contribution in [3.8, 4) is 11.3 Å². The summed E-state index contributed by atoms with van der Waals surface area (Å²) in [6, 6.07) is 12.2. The highest BCUT2D eigenvalue weighted by molar-refractivity contribution is 5.85. The quantitative estimate of drug-likeness (QED) is 0.743. The SMILES string of the molecule is Cc1cc(-c2ccccc2)n[nH]1.Cl. The van der Waals surface area contributed by atoms with Gasteiger partial charge in [-0.2, -0.15) is 5.10 Å². The molecule has 3 heteroatoms. The summed E-state index contributed by atoms with van der Waals surface area (Å²) < 4.78 is 0. The average molecular weight is 195 g/mol. The van der Waals surface area contributed by atoms with Gasteiger partial charge < -0.3 is 0 Å². The molecule has 13 heavy (non-hydrogen) atoms. The van der Waals surface area contributed by atoms with Crippen molar-refractivity contribution < 1.29 is 0 Å². The van der Waals surface area contributed by atoms with Crippen molar-refractivity contribution in [3.63, 3.8) is 0 Å². The Hall–Kier alpha value is -1.28. The zero-order valence-corrected chi connectivity index (χ0v) is 8.14. The summed E-state index contributed by atoms with van der Waals surface area (Å²) in [5.74, 6) is 0. The number of halogens is 1.